The van der Waals surface area contributed by atoms with Crippen LogP contribution in [0.4, 0.5) is 0 Å². The number of carbonyl (C=O) groups is 1. The molecule has 0 aromatic heterocycles. The molecular formula is C13H18N2O3. The van der Waals surface area contributed by atoms with E-state index in [0.717, 1.165) is 17.1 Å². The number of benzene rings is 1. The highest BCUT2D eigenvalue weighted by atomic mass is 16.6. The van der Waals surface area contributed by atoms with Gasteiger partial charge in [-0.3, -0.25) is 4.79 Å². The first kappa shape index (κ1) is 12.7. The zero-order chi connectivity index (χ0) is 12.8. The molecule has 0 atom stereocenters. The lowest BCUT2D eigenvalue weighted by Crippen LogP contribution is -2.33. The lowest BCUT2D eigenvalue weighted by molar-refractivity contribution is -0.120. The van der Waals surface area contributed by atoms with Crippen LogP contribution >= 0.6 is 0 Å². The molecule has 98 valence electrons. The summed E-state index contributed by atoms with van der Waals surface area (Å²) < 4.78 is 10.9. The Morgan fingerprint density at radius 1 is 1.28 bits per heavy atom. The van der Waals surface area contributed by atoms with Gasteiger partial charge in [-0.1, -0.05) is 6.07 Å². The van der Waals surface area contributed by atoms with Gasteiger partial charge in [0.15, 0.2) is 11.5 Å². The molecule has 1 aliphatic rings. The molecule has 2 N–H and O–H groups in total. The second-order valence-corrected chi connectivity index (χ2v) is 4.04. The van der Waals surface area contributed by atoms with Crippen LogP contribution in [0.25, 0.3) is 0 Å². The van der Waals surface area contributed by atoms with Crippen LogP contribution < -0.4 is 20.1 Å². The molecule has 2 rings (SSSR count). The Kier molecular flexibility index (Phi) is 4.41. The molecule has 0 spiro atoms. The number of ether oxygens (including phenoxy) is 2. The van der Waals surface area contributed by atoms with Crippen molar-refractivity contribution in [2.75, 3.05) is 26.3 Å². The van der Waals surface area contributed by atoms with E-state index in [9.17, 15) is 4.79 Å². The Morgan fingerprint density at radius 2 is 2.06 bits per heavy atom. The Labute approximate surface area is 106 Å². The van der Waals surface area contributed by atoms with E-state index in [-0.39, 0.29) is 5.91 Å². The fraction of sp³-hybridized carbons (Fsp3) is 0.462. The van der Waals surface area contributed by atoms with Crippen molar-refractivity contribution in [2.24, 2.45) is 0 Å². The molecule has 1 aliphatic heterocycles. The fourth-order valence-corrected chi connectivity index (χ4v) is 1.78. The van der Waals surface area contributed by atoms with Gasteiger partial charge < -0.3 is 20.1 Å². The minimum atomic E-state index is 0.00930. The van der Waals surface area contributed by atoms with E-state index < -0.39 is 0 Å². The number of hydrogen-bond donors (Lipinski definition) is 2. The predicted octanol–water partition coefficient (Wildman–Crippen LogP) is 0.683. The molecule has 0 saturated heterocycles. The highest BCUT2D eigenvalue weighted by Gasteiger charge is 2.11. The molecule has 1 aromatic rings. The monoisotopic (exact) mass is 250 g/mol. The largest absolute Gasteiger partial charge is 0.486 e. The van der Waals surface area contributed by atoms with Gasteiger partial charge in [0.25, 0.3) is 0 Å². The Balaban J connectivity index is 1.84. The summed E-state index contributed by atoms with van der Waals surface area (Å²) in [5, 5.41) is 5.82. The highest BCUT2D eigenvalue weighted by molar-refractivity contribution is 5.77. The number of likely N-dealkylation sites (N-methyl/N-ethyl adjacent to an activating group) is 1. The van der Waals surface area contributed by atoms with E-state index in [1.165, 1.54) is 0 Å². The molecule has 18 heavy (non-hydrogen) atoms. The molecule has 0 fully saturated rings. The fourth-order valence-electron chi connectivity index (χ4n) is 1.78. The molecule has 0 aliphatic carbocycles. The van der Waals surface area contributed by atoms with Crippen LogP contribution in [0.3, 0.4) is 0 Å². The van der Waals surface area contributed by atoms with Crippen molar-refractivity contribution in [3.63, 3.8) is 0 Å². The third-order valence-corrected chi connectivity index (χ3v) is 2.60. The van der Waals surface area contributed by atoms with Crippen molar-refractivity contribution in [1.29, 1.82) is 0 Å². The van der Waals surface area contributed by atoms with Gasteiger partial charge in [0.2, 0.25) is 5.91 Å². The number of carbonyl (C=O) groups excluding carboxylic acids is 1. The van der Waals surface area contributed by atoms with E-state index in [0.29, 0.717) is 32.8 Å². The van der Waals surface area contributed by atoms with Crippen molar-refractivity contribution < 1.29 is 14.3 Å². The molecule has 5 nitrogen and oxygen atoms in total. The number of rotatable bonds is 5. The summed E-state index contributed by atoms with van der Waals surface area (Å²) in [4.78, 5) is 11.2. The zero-order valence-electron chi connectivity index (χ0n) is 10.5. The van der Waals surface area contributed by atoms with Crippen molar-refractivity contribution in [2.45, 2.75) is 13.5 Å². The molecule has 0 bridgehead atoms. The first-order valence-electron chi connectivity index (χ1n) is 6.15. The molecule has 0 saturated carbocycles. The molecule has 1 heterocycles. The van der Waals surface area contributed by atoms with Crippen LogP contribution in [-0.4, -0.2) is 32.2 Å². The number of fused-ring (bicyclic) bond motifs is 1. The average Bonchev–Trinajstić information content (AvgIpc) is 2.39. The van der Waals surface area contributed by atoms with Crippen LogP contribution in [0.15, 0.2) is 18.2 Å². The molecule has 5 heteroatoms. The standard InChI is InChI=1S/C13H18N2O3/c1-2-15-13(16)9-14-8-10-3-4-11-12(7-10)18-6-5-17-11/h3-4,7,14H,2,5-6,8-9H2,1H3,(H,15,16). The van der Waals surface area contributed by atoms with Gasteiger partial charge in [0, 0.05) is 13.1 Å². The average molecular weight is 250 g/mol. The third kappa shape index (κ3) is 3.37. The maximum absolute atomic E-state index is 11.2. The molecule has 1 amide bonds. The SMILES string of the molecule is CCNC(=O)CNCc1ccc2c(c1)OCCO2. The zero-order valence-corrected chi connectivity index (χ0v) is 10.5. The predicted molar refractivity (Wildman–Crippen MR) is 67.8 cm³/mol. The molecular weight excluding hydrogens is 232 g/mol. The second kappa shape index (κ2) is 6.26. The van der Waals surface area contributed by atoms with E-state index in [1.807, 2.05) is 25.1 Å². The normalized spacial score (nSPS) is 13.2. The van der Waals surface area contributed by atoms with Crippen molar-refractivity contribution in [3.05, 3.63) is 23.8 Å². The Bertz CT molecular complexity index is 421. The second-order valence-electron chi connectivity index (χ2n) is 4.04. The smallest absolute Gasteiger partial charge is 0.233 e. The topological polar surface area (TPSA) is 59.6 Å². The first-order valence-corrected chi connectivity index (χ1v) is 6.15. The third-order valence-electron chi connectivity index (χ3n) is 2.60. The minimum absolute atomic E-state index is 0.00930. The minimum Gasteiger partial charge on any atom is -0.486 e. The maximum atomic E-state index is 11.2. The quantitative estimate of drug-likeness (QED) is 0.807. The van der Waals surface area contributed by atoms with E-state index >= 15 is 0 Å². The number of nitrogens with one attached hydrogen (secondary N) is 2. The van der Waals surface area contributed by atoms with Gasteiger partial charge in [-0.25, -0.2) is 0 Å². The molecule has 0 radical (unpaired) electrons. The van der Waals surface area contributed by atoms with Gasteiger partial charge in [0.05, 0.1) is 6.54 Å². The molecule has 1 aromatic carbocycles. The van der Waals surface area contributed by atoms with Crippen LogP contribution in [0.1, 0.15) is 12.5 Å². The van der Waals surface area contributed by atoms with E-state index in [4.69, 9.17) is 9.47 Å². The van der Waals surface area contributed by atoms with Gasteiger partial charge >= 0.3 is 0 Å². The molecule has 0 unspecified atom stereocenters. The van der Waals surface area contributed by atoms with Crippen molar-refractivity contribution in [3.8, 4) is 11.5 Å². The first-order chi connectivity index (χ1) is 8.79. The van der Waals surface area contributed by atoms with Crippen LogP contribution in [0, 0.1) is 0 Å². The van der Waals surface area contributed by atoms with E-state index in [2.05, 4.69) is 10.6 Å². The van der Waals surface area contributed by atoms with Gasteiger partial charge in [-0.05, 0) is 24.6 Å². The Hall–Kier alpha value is -1.75. The summed E-state index contributed by atoms with van der Waals surface area (Å²) in [6.07, 6.45) is 0. The summed E-state index contributed by atoms with van der Waals surface area (Å²) in [6, 6.07) is 5.81. The van der Waals surface area contributed by atoms with Crippen molar-refractivity contribution in [1.82, 2.24) is 10.6 Å². The summed E-state index contributed by atoms with van der Waals surface area (Å²) in [6.45, 7) is 4.70. The lowest BCUT2D eigenvalue weighted by Gasteiger charge is -2.18. The summed E-state index contributed by atoms with van der Waals surface area (Å²) in [5.41, 5.74) is 1.07. The van der Waals surface area contributed by atoms with Crippen LogP contribution in [0.5, 0.6) is 11.5 Å². The highest BCUT2D eigenvalue weighted by Crippen LogP contribution is 2.30. The lowest BCUT2D eigenvalue weighted by atomic mass is 10.2. The van der Waals surface area contributed by atoms with Gasteiger partial charge in [-0.2, -0.15) is 0 Å². The summed E-state index contributed by atoms with van der Waals surface area (Å²) in [5.74, 6) is 1.57. The summed E-state index contributed by atoms with van der Waals surface area (Å²) in [7, 11) is 0. The number of amides is 1. The van der Waals surface area contributed by atoms with E-state index in [1.54, 1.807) is 0 Å². The Morgan fingerprint density at radius 3 is 2.83 bits per heavy atom. The number of hydrogen-bond acceptors (Lipinski definition) is 4. The van der Waals surface area contributed by atoms with Gasteiger partial charge in [0.1, 0.15) is 13.2 Å². The van der Waals surface area contributed by atoms with Gasteiger partial charge in [-0.15, -0.1) is 0 Å². The van der Waals surface area contributed by atoms with Crippen molar-refractivity contribution >= 4 is 5.91 Å². The summed E-state index contributed by atoms with van der Waals surface area (Å²) >= 11 is 0. The maximum Gasteiger partial charge on any atom is 0.233 e. The van der Waals surface area contributed by atoms with Crippen LogP contribution in [-0.2, 0) is 11.3 Å². The van der Waals surface area contributed by atoms with Crippen LogP contribution in [0.2, 0.25) is 0 Å².